The molecule has 0 amide bonds. The summed E-state index contributed by atoms with van der Waals surface area (Å²) < 4.78 is 19.1. The number of nitriles is 1. The van der Waals surface area contributed by atoms with Crippen molar-refractivity contribution in [3.63, 3.8) is 0 Å². The van der Waals surface area contributed by atoms with Crippen LogP contribution in [0.3, 0.4) is 0 Å². The highest BCUT2D eigenvalue weighted by Gasteiger charge is 1.58. The molecular formula is C6H15NO2S2. The fourth-order valence-corrected chi connectivity index (χ4v) is 0. The maximum Gasteiger partial charge on any atom is 0.0587 e. The molecule has 0 aromatic carbocycles. The minimum Gasteiger partial charge on any atom is -0.260 e. The van der Waals surface area contributed by atoms with E-state index in [1.54, 1.807) is 31.1 Å². The van der Waals surface area contributed by atoms with E-state index in [0.717, 1.165) is 0 Å². The second kappa shape index (κ2) is 16.4. The topological polar surface area (TPSA) is 57.9 Å². The maximum absolute atomic E-state index is 9.56. The van der Waals surface area contributed by atoms with E-state index < -0.39 is 21.6 Å². The molecule has 0 aliphatic carbocycles. The Kier molecular flexibility index (Phi) is 25.4. The fraction of sp³-hybridized carbons (Fsp3) is 0.833. The number of hydrogen-bond acceptors (Lipinski definition) is 3. The lowest BCUT2D eigenvalue weighted by molar-refractivity contribution is 0.689. The molecule has 0 saturated heterocycles. The average molecular weight is 197 g/mol. The van der Waals surface area contributed by atoms with Gasteiger partial charge in [0.05, 0.1) is 6.07 Å². The standard InChI is InChI=1S/C2H3N.2C2H6OS/c1-2-3;2*1-4(2)3/h1H3;2*1-2H3. The van der Waals surface area contributed by atoms with Crippen molar-refractivity contribution in [2.45, 2.75) is 6.92 Å². The van der Waals surface area contributed by atoms with Crippen molar-refractivity contribution in [2.75, 3.05) is 25.0 Å². The predicted octanol–water partition coefficient (Wildman–Crippen LogP) is 0.519. The molecule has 0 aliphatic rings. The molecule has 11 heavy (non-hydrogen) atoms. The molecule has 3 nitrogen and oxygen atoms in total. The van der Waals surface area contributed by atoms with Crippen LogP contribution >= 0.6 is 0 Å². The van der Waals surface area contributed by atoms with E-state index >= 15 is 0 Å². The Morgan fingerprint density at radius 3 is 1.00 bits per heavy atom. The van der Waals surface area contributed by atoms with Gasteiger partial charge in [-0.15, -0.1) is 0 Å². The van der Waals surface area contributed by atoms with Crippen LogP contribution < -0.4 is 0 Å². The normalized spacial score (nSPS) is 7.09. The molecule has 0 rings (SSSR count). The summed E-state index contributed by atoms with van der Waals surface area (Å²) in [6, 6.07) is 1.75. The predicted molar refractivity (Wildman–Crippen MR) is 51.3 cm³/mol. The van der Waals surface area contributed by atoms with Crippen LogP contribution in [0.25, 0.3) is 0 Å². The molecule has 0 N–H and O–H groups in total. The largest absolute Gasteiger partial charge is 0.260 e. The van der Waals surface area contributed by atoms with Crippen LogP contribution in [0, 0.1) is 11.3 Å². The van der Waals surface area contributed by atoms with Crippen LogP contribution in [0.5, 0.6) is 0 Å². The van der Waals surface area contributed by atoms with Crippen molar-refractivity contribution in [3.05, 3.63) is 0 Å². The third kappa shape index (κ3) is 13500. The molecule has 0 radical (unpaired) electrons. The summed E-state index contributed by atoms with van der Waals surface area (Å²) in [6.07, 6.45) is 6.56. The third-order valence-corrected chi connectivity index (χ3v) is 0. The van der Waals surface area contributed by atoms with Gasteiger partial charge < -0.3 is 0 Å². The van der Waals surface area contributed by atoms with Gasteiger partial charge in [-0.3, -0.25) is 8.42 Å². The summed E-state index contributed by atoms with van der Waals surface area (Å²) in [5.41, 5.74) is 0. The SMILES string of the molecule is CC#N.CS(C)=O.CS(C)=O. The highest BCUT2D eigenvalue weighted by atomic mass is 32.2. The van der Waals surface area contributed by atoms with E-state index in [1.807, 2.05) is 0 Å². The molecule has 0 aromatic heterocycles. The summed E-state index contributed by atoms with van der Waals surface area (Å²) in [5, 5.41) is 7.32. The molecule has 5 heteroatoms. The zero-order valence-corrected chi connectivity index (χ0v) is 9.21. The van der Waals surface area contributed by atoms with Crippen molar-refractivity contribution >= 4 is 21.6 Å². The highest BCUT2D eigenvalue weighted by Crippen LogP contribution is 1.47. The Balaban J connectivity index is -0.0000000886. The lowest BCUT2D eigenvalue weighted by Gasteiger charge is -1.60. The molecule has 0 bridgehead atoms. The molecule has 0 saturated carbocycles. The van der Waals surface area contributed by atoms with Crippen molar-refractivity contribution in [1.29, 1.82) is 5.26 Å². The van der Waals surface area contributed by atoms with Gasteiger partial charge in [0.1, 0.15) is 0 Å². The third-order valence-electron chi connectivity index (χ3n) is 0. The fourth-order valence-electron chi connectivity index (χ4n) is 0. The summed E-state index contributed by atoms with van der Waals surface area (Å²) in [5.74, 6) is 0. The second-order valence-electron chi connectivity index (χ2n) is 1.71. The number of nitrogens with zero attached hydrogens (tertiary/aromatic N) is 1. The Labute approximate surface area is 73.7 Å². The van der Waals surface area contributed by atoms with Gasteiger partial charge in [-0.05, 0) is 0 Å². The highest BCUT2D eigenvalue weighted by molar-refractivity contribution is 7.83. The van der Waals surface area contributed by atoms with E-state index in [4.69, 9.17) is 5.26 Å². The second-order valence-corrected chi connectivity index (χ2v) is 4.67. The van der Waals surface area contributed by atoms with Gasteiger partial charge >= 0.3 is 0 Å². The van der Waals surface area contributed by atoms with Crippen molar-refractivity contribution in [2.24, 2.45) is 0 Å². The average Bonchev–Trinajstić information content (AvgIpc) is 1.60. The van der Waals surface area contributed by atoms with Crippen LogP contribution in [0.4, 0.5) is 0 Å². The lowest BCUT2D eigenvalue weighted by Crippen LogP contribution is -1.70. The Morgan fingerprint density at radius 1 is 1.00 bits per heavy atom. The Bertz CT molecular complexity index is 131. The van der Waals surface area contributed by atoms with Gasteiger partial charge in [-0.1, -0.05) is 0 Å². The maximum atomic E-state index is 9.56. The minimum atomic E-state index is -0.611. The Hall–Kier alpha value is -0.210. The van der Waals surface area contributed by atoms with E-state index in [1.165, 1.54) is 6.92 Å². The van der Waals surface area contributed by atoms with Crippen molar-refractivity contribution < 1.29 is 8.42 Å². The van der Waals surface area contributed by atoms with E-state index in [2.05, 4.69) is 0 Å². The number of rotatable bonds is 0. The first-order chi connectivity index (χ1) is 4.88. The summed E-state index contributed by atoms with van der Waals surface area (Å²) in [6.45, 7) is 1.43. The van der Waals surface area contributed by atoms with Gasteiger partial charge in [0.15, 0.2) is 0 Å². The number of hydrogen-bond donors (Lipinski definition) is 0. The molecule has 68 valence electrons. The van der Waals surface area contributed by atoms with Gasteiger partial charge in [-0.2, -0.15) is 5.26 Å². The van der Waals surface area contributed by atoms with Gasteiger partial charge in [0.25, 0.3) is 0 Å². The molecule has 0 atom stereocenters. The Morgan fingerprint density at radius 2 is 1.00 bits per heavy atom. The van der Waals surface area contributed by atoms with Crippen LogP contribution in [0.2, 0.25) is 0 Å². The molecule has 0 spiro atoms. The zero-order chi connectivity index (χ0) is 9.86. The first-order valence-corrected chi connectivity index (χ1v) is 6.62. The van der Waals surface area contributed by atoms with E-state index in [-0.39, 0.29) is 0 Å². The first kappa shape index (κ1) is 17.0. The molecule has 0 aromatic rings. The molecular weight excluding hydrogens is 182 g/mol. The lowest BCUT2D eigenvalue weighted by atomic mass is 11.0. The van der Waals surface area contributed by atoms with Gasteiger partial charge in [0, 0.05) is 53.5 Å². The minimum absolute atomic E-state index is 0.611. The first-order valence-electron chi connectivity index (χ1n) is 2.69. The van der Waals surface area contributed by atoms with E-state index in [0.29, 0.717) is 0 Å². The smallest absolute Gasteiger partial charge is 0.0587 e. The summed E-state index contributed by atoms with van der Waals surface area (Å²) in [7, 11) is -1.22. The van der Waals surface area contributed by atoms with Crippen LogP contribution in [0.15, 0.2) is 0 Å². The van der Waals surface area contributed by atoms with E-state index in [9.17, 15) is 8.42 Å². The monoisotopic (exact) mass is 197 g/mol. The van der Waals surface area contributed by atoms with Crippen LogP contribution in [0.1, 0.15) is 6.92 Å². The molecule has 0 heterocycles. The van der Waals surface area contributed by atoms with Crippen molar-refractivity contribution in [1.82, 2.24) is 0 Å². The van der Waals surface area contributed by atoms with Crippen LogP contribution in [-0.4, -0.2) is 33.4 Å². The summed E-state index contributed by atoms with van der Waals surface area (Å²) >= 11 is 0. The molecule has 0 aliphatic heterocycles. The molecule has 0 unspecified atom stereocenters. The van der Waals surface area contributed by atoms with Gasteiger partial charge in [0.2, 0.25) is 0 Å². The summed E-state index contributed by atoms with van der Waals surface area (Å²) in [4.78, 5) is 0. The van der Waals surface area contributed by atoms with Crippen molar-refractivity contribution in [3.8, 4) is 6.07 Å². The van der Waals surface area contributed by atoms with Gasteiger partial charge in [-0.25, -0.2) is 0 Å². The quantitative estimate of drug-likeness (QED) is 0.569. The zero-order valence-electron chi connectivity index (χ0n) is 7.58. The van der Waals surface area contributed by atoms with Crippen LogP contribution in [-0.2, 0) is 21.6 Å². The molecule has 0 fully saturated rings.